The van der Waals surface area contributed by atoms with Gasteiger partial charge in [0, 0.05) is 25.7 Å². The molecule has 2 heterocycles. The smallest absolute Gasteiger partial charge is 0.231 e. The zero-order valence-corrected chi connectivity index (χ0v) is 12.8. The van der Waals surface area contributed by atoms with Gasteiger partial charge in [-0.2, -0.15) is 15.0 Å². The molecule has 1 aromatic rings. The fourth-order valence-corrected chi connectivity index (χ4v) is 3.45. The summed E-state index contributed by atoms with van der Waals surface area (Å²) >= 11 is 6.12. The number of aromatic nitrogens is 3. The van der Waals surface area contributed by atoms with E-state index in [1.54, 1.807) is 0 Å². The summed E-state index contributed by atoms with van der Waals surface area (Å²) in [6.07, 6.45) is 7.49. The number of rotatable bonds is 4. The second-order valence-electron chi connectivity index (χ2n) is 5.62. The van der Waals surface area contributed by atoms with Crippen molar-refractivity contribution in [2.45, 2.75) is 51.5 Å². The van der Waals surface area contributed by atoms with Crippen LogP contribution in [0, 0.1) is 0 Å². The summed E-state index contributed by atoms with van der Waals surface area (Å²) in [7, 11) is 0. The van der Waals surface area contributed by atoms with Gasteiger partial charge in [0.2, 0.25) is 17.2 Å². The third-order valence-electron chi connectivity index (χ3n) is 4.34. The van der Waals surface area contributed by atoms with Crippen LogP contribution >= 0.6 is 11.6 Å². The summed E-state index contributed by atoms with van der Waals surface area (Å²) in [6.45, 7) is 5.13. The second-order valence-corrected chi connectivity index (χ2v) is 5.96. The molecule has 1 saturated carbocycles. The lowest BCUT2D eigenvalue weighted by atomic mass is 10.2. The molecule has 3 rings (SSSR count). The molecule has 1 aromatic heterocycles. The highest BCUT2D eigenvalue weighted by molar-refractivity contribution is 6.28. The SMILES string of the molecule is CCN(c1nc(Cl)nc(N2CCCC2)n1)C1CCCC1. The third kappa shape index (κ3) is 2.82. The number of anilines is 2. The van der Waals surface area contributed by atoms with E-state index < -0.39 is 0 Å². The van der Waals surface area contributed by atoms with E-state index in [0.29, 0.717) is 11.3 Å². The molecule has 1 aliphatic heterocycles. The van der Waals surface area contributed by atoms with Crippen LogP contribution in [0.2, 0.25) is 5.28 Å². The Morgan fingerprint density at radius 3 is 2.45 bits per heavy atom. The highest BCUT2D eigenvalue weighted by Gasteiger charge is 2.25. The van der Waals surface area contributed by atoms with Gasteiger partial charge in [-0.25, -0.2) is 0 Å². The molecule has 0 N–H and O–H groups in total. The zero-order chi connectivity index (χ0) is 13.9. The summed E-state index contributed by atoms with van der Waals surface area (Å²) in [5, 5.41) is 0.313. The first-order valence-corrected chi connectivity index (χ1v) is 8.09. The first-order valence-electron chi connectivity index (χ1n) is 7.71. The van der Waals surface area contributed by atoms with Gasteiger partial charge in [0.25, 0.3) is 0 Å². The van der Waals surface area contributed by atoms with Gasteiger partial charge in [0.15, 0.2) is 0 Å². The summed E-state index contributed by atoms with van der Waals surface area (Å²) in [5.41, 5.74) is 0. The summed E-state index contributed by atoms with van der Waals surface area (Å²) in [5.74, 6) is 1.50. The molecule has 0 spiro atoms. The van der Waals surface area contributed by atoms with E-state index in [9.17, 15) is 0 Å². The third-order valence-corrected chi connectivity index (χ3v) is 4.51. The standard InChI is InChI=1S/C14H22ClN5/c1-2-20(11-7-3-4-8-11)14-17-12(15)16-13(18-14)19-9-5-6-10-19/h11H,2-10H2,1H3. The predicted molar refractivity (Wildman–Crippen MR) is 81.6 cm³/mol. The van der Waals surface area contributed by atoms with E-state index in [0.717, 1.165) is 31.5 Å². The van der Waals surface area contributed by atoms with Crippen molar-refractivity contribution < 1.29 is 0 Å². The topological polar surface area (TPSA) is 45.2 Å². The first-order chi connectivity index (χ1) is 9.78. The molecule has 6 heteroatoms. The minimum Gasteiger partial charge on any atom is -0.341 e. The van der Waals surface area contributed by atoms with E-state index >= 15 is 0 Å². The second kappa shape index (κ2) is 6.12. The minimum atomic E-state index is 0.313. The van der Waals surface area contributed by atoms with Gasteiger partial charge in [-0.3, -0.25) is 0 Å². The van der Waals surface area contributed by atoms with Crippen LogP contribution in [0.3, 0.4) is 0 Å². The molecule has 0 unspecified atom stereocenters. The molecule has 0 aromatic carbocycles. The van der Waals surface area contributed by atoms with Gasteiger partial charge in [0.1, 0.15) is 0 Å². The van der Waals surface area contributed by atoms with Gasteiger partial charge in [-0.15, -0.1) is 0 Å². The maximum absolute atomic E-state index is 6.12. The molecule has 2 fully saturated rings. The van der Waals surface area contributed by atoms with Gasteiger partial charge < -0.3 is 9.80 Å². The first kappa shape index (κ1) is 13.9. The lowest BCUT2D eigenvalue weighted by Crippen LogP contribution is -2.35. The molecular weight excluding hydrogens is 274 g/mol. The molecule has 0 radical (unpaired) electrons. The lowest BCUT2D eigenvalue weighted by molar-refractivity contribution is 0.603. The molecule has 110 valence electrons. The fourth-order valence-electron chi connectivity index (χ4n) is 3.30. The Balaban J connectivity index is 1.87. The fraction of sp³-hybridized carbons (Fsp3) is 0.786. The largest absolute Gasteiger partial charge is 0.341 e. The molecule has 5 nitrogen and oxygen atoms in total. The van der Waals surface area contributed by atoms with Crippen molar-refractivity contribution >= 4 is 23.5 Å². The number of nitrogens with zero attached hydrogens (tertiary/aromatic N) is 5. The van der Waals surface area contributed by atoms with Gasteiger partial charge >= 0.3 is 0 Å². The average Bonchev–Trinajstić information content (AvgIpc) is 3.12. The highest BCUT2D eigenvalue weighted by Crippen LogP contribution is 2.28. The Kier molecular flexibility index (Phi) is 4.24. The zero-order valence-electron chi connectivity index (χ0n) is 12.1. The quantitative estimate of drug-likeness (QED) is 0.854. The normalized spacial score (nSPS) is 19.8. The van der Waals surface area contributed by atoms with Crippen molar-refractivity contribution in [2.75, 3.05) is 29.4 Å². The van der Waals surface area contributed by atoms with Crippen LogP contribution in [0.5, 0.6) is 0 Å². The van der Waals surface area contributed by atoms with Crippen molar-refractivity contribution in [1.82, 2.24) is 15.0 Å². The van der Waals surface area contributed by atoms with E-state index in [1.165, 1.54) is 38.5 Å². The Hall–Kier alpha value is -1.10. The van der Waals surface area contributed by atoms with E-state index in [4.69, 9.17) is 11.6 Å². The molecule has 20 heavy (non-hydrogen) atoms. The van der Waals surface area contributed by atoms with Crippen molar-refractivity contribution in [1.29, 1.82) is 0 Å². The number of halogens is 1. The number of hydrogen-bond donors (Lipinski definition) is 0. The maximum atomic E-state index is 6.12. The van der Waals surface area contributed by atoms with E-state index in [2.05, 4.69) is 31.7 Å². The van der Waals surface area contributed by atoms with Crippen LogP contribution in [0.15, 0.2) is 0 Å². The van der Waals surface area contributed by atoms with E-state index in [-0.39, 0.29) is 0 Å². The van der Waals surface area contributed by atoms with Crippen LogP contribution in [-0.4, -0.2) is 40.6 Å². The van der Waals surface area contributed by atoms with Crippen LogP contribution in [0.4, 0.5) is 11.9 Å². The molecule has 2 aliphatic rings. The molecule has 0 bridgehead atoms. The van der Waals surface area contributed by atoms with E-state index in [1.807, 2.05) is 0 Å². The number of hydrogen-bond acceptors (Lipinski definition) is 5. The maximum Gasteiger partial charge on any atom is 0.231 e. The van der Waals surface area contributed by atoms with Gasteiger partial charge in [-0.1, -0.05) is 12.8 Å². The Morgan fingerprint density at radius 1 is 1.10 bits per heavy atom. The summed E-state index contributed by atoms with van der Waals surface area (Å²) < 4.78 is 0. The van der Waals surface area contributed by atoms with Crippen LogP contribution in [-0.2, 0) is 0 Å². The van der Waals surface area contributed by atoms with Crippen LogP contribution < -0.4 is 9.80 Å². The molecule has 1 aliphatic carbocycles. The van der Waals surface area contributed by atoms with Crippen molar-refractivity contribution in [2.24, 2.45) is 0 Å². The molecule has 1 saturated heterocycles. The summed E-state index contributed by atoms with van der Waals surface area (Å²) in [6, 6.07) is 0.560. The molecular formula is C14H22ClN5. The lowest BCUT2D eigenvalue weighted by Gasteiger charge is -2.28. The Morgan fingerprint density at radius 2 is 1.80 bits per heavy atom. The minimum absolute atomic E-state index is 0.313. The average molecular weight is 296 g/mol. The van der Waals surface area contributed by atoms with Gasteiger partial charge in [-0.05, 0) is 44.2 Å². The summed E-state index contributed by atoms with van der Waals surface area (Å²) in [4.78, 5) is 17.8. The van der Waals surface area contributed by atoms with Crippen molar-refractivity contribution in [3.8, 4) is 0 Å². The van der Waals surface area contributed by atoms with Crippen molar-refractivity contribution in [3.63, 3.8) is 0 Å². The predicted octanol–water partition coefficient (Wildman–Crippen LogP) is 2.89. The van der Waals surface area contributed by atoms with Crippen molar-refractivity contribution in [3.05, 3.63) is 5.28 Å². The monoisotopic (exact) mass is 295 g/mol. The molecule has 0 atom stereocenters. The van der Waals surface area contributed by atoms with Gasteiger partial charge in [0.05, 0.1) is 0 Å². The Bertz CT molecular complexity index is 455. The highest BCUT2D eigenvalue weighted by atomic mass is 35.5. The molecule has 0 amide bonds. The van der Waals surface area contributed by atoms with Crippen LogP contribution in [0.25, 0.3) is 0 Å². The Labute approximate surface area is 125 Å². The van der Waals surface area contributed by atoms with Crippen LogP contribution in [0.1, 0.15) is 45.4 Å².